The fraction of sp³-hybridized carbons (Fsp3) is 0.333. The van der Waals surface area contributed by atoms with Crippen LogP contribution in [0.25, 0.3) is 0 Å². The zero-order chi connectivity index (χ0) is 13.1. The van der Waals surface area contributed by atoms with E-state index in [1.54, 1.807) is 0 Å². The Hall–Kier alpha value is -1.00. The van der Waals surface area contributed by atoms with Crippen LogP contribution in [0.15, 0.2) is 35.4 Å². The average Bonchev–Trinajstić information content (AvgIpc) is 2.29. The molecule has 0 heterocycles. The first-order chi connectivity index (χ1) is 7.90. The number of benzene rings is 1. The van der Waals surface area contributed by atoms with E-state index in [9.17, 15) is 13.2 Å². The van der Waals surface area contributed by atoms with Crippen molar-refractivity contribution in [3.05, 3.63) is 46.5 Å². The fourth-order valence-corrected chi connectivity index (χ4v) is 1.77. The lowest BCUT2D eigenvalue weighted by atomic mass is 9.93. The lowest BCUT2D eigenvalue weighted by molar-refractivity contribution is -0.137. The van der Waals surface area contributed by atoms with Gasteiger partial charge in [-0.05, 0) is 23.3 Å². The predicted molar refractivity (Wildman–Crippen MR) is 62.8 cm³/mol. The number of nitrogens with two attached hydrogens (primary N) is 1. The highest BCUT2D eigenvalue weighted by atomic mass is 35.5. The van der Waals surface area contributed by atoms with Crippen LogP contribution >= 0.6 is 11.6 Å². The molecule has 0 fully saturated rings. The Morgan fingerprint density at radius 1 is 1.35 bits per heavy atom. The summed E-state index contributed by atoms with van der Waals surface area (Å²) < 4.78 is 37.1. The summed E-state index contributed by atoms with van der Waals surface area (Å²) in [5.74, 6) is -0.0835. The Morgan fingerprint density at radius 2 is 1.88 bits per heavy atom. The summed E-state index contributed by atoms with van der Waals surface area (Å²) in [6.45, 7) is 2.13. The van der Waals surface area contributed by atoms with E-state index in [0.717, 1.165) is 23.3 Å². The highest BCUT2D eigenvalue weighted by molar-refractivity contribution is 6.25. The average molecular weight is 264 g/mol. The molecule has 2 N–H and O–H groups in total. The van der Waals surface area contributed by atoms with E-state index >= 15 is 0 Å². The van der Waals surface area contributed by atoms with Crippen LogP contribution in [0.3, 0.4) is 0 Å². The second-order valence-electron chi connectivity index (χ2n) is 3.73. The zero-order valence-corrected chi connectivity index (χ0v) is 10.0. The molecule has 0 aliphatic rings. The van der Waals surface area contributed by atoms with Gasteiger partial charge in [-0.25, -0.2) is 0 Å². The third-order valence-electron chi connectivity index (χ3n) is 2.67. The Bertz CT molecular complexity index is 395. The summed E-state index contributed by atoms with van der Waals surface area (Å²) >= 11 is 5.59. The van der Waals surface area contributed by atoms with E-state index in [1.165, 1.54) is 17.7 Å². The van der Waals surface area contributed by atoms with Gasteiger partial charge in [-0.2, -0.15) is 13.2 Å². The van der Waals surface area contributed by atoms with E-state index in [0.29, 0.717) is 0 Å². The summed E-state index contributed by atoms with van der Waals surface area (Å²) in [5, 5.41) is 0. The van der Waals surface area contributed by atoms with Crippen molar-refractivity contribution < 1.29 is 13.2 Å². The van der Waals surface area contributed by atoms with Crippen LogP contribution in [0.5, 0.6) is 0 Å². The lowest BCUT2D eigenvalue weighted by Gasteiger charge is -2.15. The summed E-state index contributed by atoms with van der Waals surface area (Å²) in [4.78, 5) is 0. The smallest absolute Gasteiger partial charge is 0.327 e. The monoisotopic (exact) mass is 263 g/mol. The lowest BCUT2D eigenvalue weighted by Crippen LogP contribution is -2.10. The number of alkyl halides is 3. The summed E-state index contributed by atoms with van der Waals surface area (Å²) in [6.07, 6.45) is -4.30. The quantitative estimate of drug-likeness (QED) is 0.880. The van der Waals surface area contributed by atoms with Crippen molar-refractivity contribution >= 4 is 11.6 Å². The maximum absolute atomic E-state index is 12.4. The van der Waals surface area contributed by atoms with Crippen LogP contribution in [0.1, 0.15) is 24.0 Å². The van der Waals surface area contributed by atoms with Gasteiger partial charge in [0, 0.05) is 18.0 Å². The molecule has 0 spiro atoms. The van der Waals surface area contributed by atoms with Gasteiger partial charge in [0.05, 0.1) is 5.56 Å². The first-order valence-electron chi connectivity index (χ1n) is 5.06. The zero-order valence-electron chi connectivity index (χ0n) is 9.26. The molecule has 0 amide bonds. The van der Waals surface area contributed by atoms with Crippen molar-refractivity contribution in [3.8, 4) is 0 Å². The number of hydrogen-bond donors (Lipinski definition) is 1. The molecule has 5 heteroatoms. The third-order valence-corrected chi connectivity index (χ3v) is 2.95. The Labute approximate surface area is 103 Å². The number of rotatable bonds is 3. The molecule has 1 aromatic rings. The minimum atomic E-state index is -4.30. The SMILES string of the molecule is CC(/C(=C\Cl)CN)c1ccc(C(F)(F)F)cc1. The fourth-order valence-electron chi connectivity index (χ4n) is 1.49. The van der Waals surface area contributed by atoms with Gasteiger partial charge >= 0.3 is 6.18 Å². The Balaban J connectivity index is 2.95. The summed E-state index contributed by atoms with van der Waals surface area (Å²) in [5.41, 5.74) is 7.75. The highest BCUT2D eigenvalue weighted by Gasteiger charge is 2.30. The van der Waals surface area contributed by atoms with Crippen molar-refractivity contribution in [2.45, 2.75) is 19.0 Å². The van der Waals surface area contributed by atoms with E-state index < -0.39 is 11.7 Å². The molecule has 0 aliphatic heterocycles. The van der Waals surface area contributed by atoms with Crippen LogP contribution in [0.2, 0.25) is 0 Å². The number of hydrogen-bond acceptors (Lipinski definition) is 1. The molecule has 0 saturated carbocycles. The van der Waals surface area contributed by atoms with Gasteiger partial charge in [-0.3, -0.25) is 0 Å². The molecule has 17 heavy (non-hydrogen) atoms. The second-order valence-corrected chi connectivity index (χ2v) is 3.95. The number of halogens is 4. The molecule has 1 aromatic carbocycles. The molecule has 0 aliphatic carbocycles. The molecule has 0 bridgehead atoms. The first-order valence-corrected chi connectivity index (χ1v) is 5.50. The molecule has 0 aromatic heterocycles. The molecule has 1 unspecified atom stereocenters. The maximum Gasteiger partial charge on any atom is 0.416 e. The maximum atomic E-state index is 12.4. The van der Waals surface area contributed by atoms with Gasteiger partial charge in [0.15, 0.2) is 0 Å². The van der Waals surface area contributed by atoms with Crippen molar-refractivity contribution in [2.24, 2.45) is 5.73 Å². The van der Waals surface area contributed by atoms with Gasteiger partial charge in [-0.15, -0.1) is 0 Å². The molecule has 0 radical (unpaired) electrons. The van der Waals surface area contributed by atoms with Gasteiger partial charge in [0.1, 0.15) is 0 Å². The normalized spacial score (nSPS) is 14.8. The van der Waals surface area contributed by atoms with Gasteiger partial charge < -0.3 is 5.73 Å². The van der Waals surface area contributed by atoms with E-state index in [4.69, 9.17) is 17.3 Å². The molecule has 0 saturated heterocycles. The Kier molecular flexibility index (Phi) is 4.60. The van der Waals surface area contributed by atoms with E-state index in [2.05, 4.69) is 0 Å². The second kappa shape index (κ2) is 5.56. The standard InChI is InChI=1S/C12H13ClF3N/c1-8(10(6-13)7-17)9-2-4-11(5-3-9)12(14,15)16/h2-6,8H,7,17H2,1H3/b10-6-. The van der Waals surface area contributed by atoms with Gasteiger partial charge in [0.2, 0.25) is 0 Å². The van der Waals surface area contributed by atoms with Crippen LogP contribution in [-0.4, -0.2) is 6.54 Å². The topological polar surface area (TPSA) is 26.0 Å². The van der Waals surface area contributed by atoms with E-state index in [-0.39, 0.29) is 12.5 Å². The summed E-state index contributed by atoms with van der Waals surface area (Å²) in [6, 6.07) is 5.02. The Morgan fingerprint density at radius 3 is 2.24 bits per heavy atom. The van der Waals surface area contributed by atoms with Crippen molar-refractivity contribution in [1.29, 1.82) is 0 Å². The van der Waals surface area contributed by atoms with E-state index in [1.807, 2.05) is 6.92 Å². The van der Waals surface area contributed by atoms with Gasteiger partial charge in [-0.1, -0.05) is 30.7 Å². The largest absolute Gasteiger partial charge is 0.416 e. The van der Waals surface area contributed by atoms with Crippen LogP contribution in [-0.2, 0) is 6.18 Å². The van der Waals surface area contributed by atoms with Crippen LogP contribution in [0, 0.1) is 0 Å². The van der Waals surface area contributed by atoms with Crippen molar-refractivity contribution in [3.63, 3.8) is 0 Å². The molecular weight excluding hydrogens is 251 g/mol. The third kappa shape index (κ3) is 3.48. The minimum absolute atomic E-state index is 0.0835. The van der Waals surface area contributed by atoms with Crippen LogP contribution in [0.4, 0.5) is 13.2 Å². The van der Waals surface area contributed by atoms with Gasteiger partial charge in [0.25, 0.3) is 0 Å². The van der Waals surface area contributed by atoms with Crippen molar-refractivity contribution in [1.82, 2.24) is 0 Å². The molecule has 94 valence electrons. The van der Waals surface area contributed by atoms with Crippen LogP contribution < -0.4 is 5.73 Å². The molecule has 1 rings (SSSR count). The molecule has 1 nitrogen and oxygen atoms in total. The minimum Gasteiger partial charge on any atom is -0.327 e. The highest BCUT2D eigenvalue weighted by Crippen LogP contribution is 2.31. The first kappa shape index (κ1) is 14.1. The molecule has 1 atom stereocenters. The molecular formula is C12H13ClF3N. The van der Waals surface area contributed by atoms with Crippen molar-refractivity contribution in [2.75, 3.05) is 6.54 Å². The summed E-state index contributed by atoms with van der Waals surface area (Å²) in [7, 11) is 0. The predicted octanol–water partition coefficient (Wildman–Crippen LogP) is 3.89.